The van der Waals surface area contributed by atoms with Crippen LogP contribution in [0.1, 0.15) is 11.8 Å². The molecule has 0 saturated heterocycles. The van der Waals surface area contributed by atoms with E-state index in [0.29, 0.717) is 18.8 Å². The highest BCUT2D eigenvalue weighted by atomic mass is 32.1. The van der Waals surface area contributed by atoms with Gasteiger partial charge in [-0.1, -0.05) is 42.5 Å². The number of carbonyl (C=O) groups excluding carboxylic acids is 1. The van der Waals surface area contributed by atoms with Crippen molar-refractivity contribution in [3.8, 4) is 16.9 Å². The molecule has 2 aromatic carbocycles. The molecule has 0 N–H and O–H groups in total. The molecule has 25 heavy (non-hydrogen) atoms. The fourth-order valence-corrected chi connectivity index (χ4v) is 2.92. The van der Waals surface area contributed by atoms with Crippen LogP contribution in [-0.4, -0.2) is 23.7 Å². The van der Waals surface area contributed by atoms with Crippen molar-refractivity contribution in [2.24, 2.45) is 0 Å². The number of esters is 1. The van der Waals surface area contributed by atoms with Gasteiger partial charge >= 0.3 is 5.97 Å². The van der Waals surface area contributed by atoms with E-state index >= 15 is 0 Å². The maximum atomic E-state index is 12.0. The number of thiazole rings is 1. The number of rotatable bonds is 7. The molecule has 0 aliphatic heterocycles. The summed E-state index contributed by atoms with van der Waals surface area (Å²) in [7, 11) is 0. The Labute approximate surface area is 151 Å². The van der Waals surface area contributed by atoms with Gasteiger partial charge in [-0.05, 0) is 30.2 Å². The second kappa shape index (κ2) is 8.44. The van der Waals surface area contributed by atoms with Crippen molar-refractivity contribution in [2.75, 3.05) is 6.61 Å². The maximum Gasteiger partial charge on any atom is 0.347 e. The smallest absolute Gasteiger partial charge is 0.347 e. The van der Waals surface area contributed by atoms with Crippen molar-refractivity contribution in [1.29, 1.82) is 0 Å². The quantitative estimate of drug-likeness (QED) is 0.592. The molecule has 0 saturated carbocycles. The van der Waals surface area contributed by atoms with E-state index in [1.807, 2.05) is 42.5 Å². The van der Waals surface area contributed by atoms with Gasteiger partial charge in [0.15, 0.2) is 6.10 Å². The monoisotopic (exact) mass is 353 g/mol. The SMILES string of the molecule is C[C@H](Oc1ccc(-c2ccccc2)cc1)C(=O)OCCc1cncs1. The first kappa shape index (κ1) is 17.2. The molecule has 5 heteroatoms. The summed E-state index contributed by atoms with van der Waals surface area (Å²) in [4.78, 5) is 17.1. The number of carbonyl (C=O) groups is 1. The van der Waals surface area contributed by atoms with Gasteiger partial charge in [-0.25, -0.2) is 4.79 Å². The number of hydrogen-bond donors (Lipinski definition) is 0. The second-order valence-corrected chi connectivity index (χ2v) is 6.51. The second-order valence-electron chi connectivity index (χ2n) is 5.54. The number of nitrogens with zero attached hydrogens (tertiary/aromatic N) is 1. The van der Waals surface area contributed by atoms with Crippen LogP contribution in [0, 0.1) is 0 Å². The highest BCUT2D eigenvalue weighted by molar-refractivity contribution is 7.09. The zero-order chi connectivity index (χ0) is 17.5. The van der Waals surface area contributed by atoms with E-state index in [4.69, 9.17) is 9.47 Å². The van der Waals surface area contributed by atoms with Crippen LogP contribution in [-0.2, 0) is 16.0 Å². The molecule has 0 bridgehead atoms. The molecule has 3 rings (SSSR count). The molecule has 1 heterocycles. The van der Waals surface area contributed by atoms with Crippen LogP contribution in [0.25, 0.3) is 11.1 Å². The van der Waals surface area contributed by atoms with Crippen LogP contribution < -0.4 is 4.74 Å². The van der Waals surface area contributed by atoms with E-state index in [1.54, 1.807) is 30.0 Å². The van der Waals surface area contributed by atoms with E-state index in [2.05, 4.69) is 17.1 Å². The Balaban J connectivity index is 1.50. The normalized spacial score (nSPS) is 11.7. The molecule has 0 aliphatic carbocycles. The third kappa shape index (κ3) is 4.90. The zero-order valence-electron chi connectivity index (χ0n) is 13.9. The summed E-state index contributed by atoms with van der Waals surface area (Å²) in [6.45, 7) is 2.03. The minimum atomic E-state index is -0.649. The Morgan fingerprint density at radius 1 is 1.08 bits per heavy atom. The van der Waals surface area contributed by atoms with Gasteiger partial charge < -0.3 is 9.47 Å². The number of benzene rings is 2. The topological polar surface area (TPSA) is 48.4 Å². The first-order valence-electron chi connectivity index (χ1n) is 8.08. The molecule has 4 nitrogen and oxygen atoms in total. The third-order valence-corrected chi connectivity index (χ3v) is 4.52. The average Bonchev–Trinajstić information content (AvgIpc) is 3.16. The van der Waals surface area contributed by atoms with Gasteiger partial charge in [0.2, 0.25) is 0 Å². The first-order chi connectivity index (χ1) is 12.2. The Kier molecular flexibility index (Phi) is 5.80. The lowest BCUT2D eigenvalue weighted by Gasteiger charge is -2.14. The third-order valence-electron chi connectivity index (χ3n) is 3.68. The Morgan fingerprint density at radius 3 is 2.48 bits per heavy atom. The number of ether oxygens (including phenoxy) is 2. The van der Waals surface area contributed by atoms with Crippen LogP contribution in [0.5, 0.6) is 5.75 Å². The van der Waals surface area contributed by atoms with Crippen molar-refractivity contribution >= 4 is 17.3 Å². The maximum absolute atomic E-state index is 12.0. The molecule has 1 atom stereocenters. The van der Waals surface area contributed by atoms with Crippen LogP contribution in [0.4, 0.5) is 0 Å². The Morgan fingerprint density at radius 2 is 1.80 bits per heavy atom. The highest BCUT2D eigenvalue weighted by Crippen LogP contribution is 2.22. The molecular formula is C20H19NO3S. The van der Waals surface area contributed by atoms with E-state index in [9.17, 15) is 4.79 Å². The first-order valence-corrected chi connectivity index (χ1v) is 8.96. The minimum Gasteiger partial charge on any atom is -0.479 e. The fourth-order valence-electron chi connectivity index (χ4n) is 2.34. The van der Waals surface area contributed by atoms with Crippen LogP contribution in [0.15, 0.2) is 66.3 Å². The summed E-state index contributed by atoms with van der Waals surface area (Å²) in [5, 5.41) is 0. The van der Waals surface area contributed by atoms with E-state index in [-0.39, 0.29) is 5.97 Å². The molecule has 0 aliphatic rings. The summed E-state index contributed by atoms with van der Waals surface area (Å²) in [6, 6.07) is 17.8. The van der Waals surface area contributed by atoms with Crippen molar-refractivity contribution in [1.82, 2.24) is 4.98 Å². The minimum absolute atomic E-state index is 0.335. The summed E-state index contributed by atoms with van der Waals surface area (Å²) >= 11 is 1.55. The standard InChI is InChI=1S/C20H19NO3S/c1-15(20(22)23-12-11-19-13-21-14-25-19)24-18-9-7-17(8-10-18)16-5-3-2-4-6-16/h2-10,13-15H,11-12H2,1H3/t15-/m0/s1. The van der Waals surface area contributed by atoms with Crippen molar-refractivity contribution in [3.05, 3.63) is 71.2 Å². The largest absolute Gasteiger partial charge is 0.479 e. The van der Waals surface area contributed by atoms with E-state index in [1.165, 1.54) is 0 Å². The molecule has 0 amide bonds. The fraction of sp³-hybridized carbons (Fsp3) is 0.200. The summed E-state index contributed by atoms with van der Waals surface area (Å²) in [5.41, 5.74) is 4.01. The van der Waals surface area contributed by atoms with Gasteiger partial charge in [0.25, 0.3) is 0 Å². The summed E-state index contributed by atoms with van der Waals surface area (Å²) < 4.78 is 10.9. The van der Waals surface area contributed by atoms with Crippen molar-refractivity contribution in [2.45, 2.75) is 19.4 Å². The predicted molar refractivity (Wildman–Crippen MR) is 98.7 cm³/mol. The zero-order valence-corrected chi connectivity index (χ0v) is 14.7. The van der Waals surface area contributed by atoms with E-state index in [0.717, 1.165) is 16.0 Å². The Bertz CT molecular complexity index is 786. The lowest BCUT2D eigenvalue weighted by atomic mass is 10.1. The van der Waals surface area contributed by atoms with Gasteiger partial charge in [0.05, 0.1) is 12.1 Å². The van der Waals surface area contributed by atoms with Gasteiger partial charge in [-0.3, -0.25) is 4.98 Å². The molecule has 3 aromatic rings. The lowest BCUT2D eigenvalue weighted by Crippen LogP contribution is -2.26. The molecule has 128 valence electrons. The van der Waals surface area contributed by atoms with Crippen LogP contribution >= 0.6 is 11.3 Å². The summed E-state index contributed by atoms with van der Waals surface area (Å²) in [5.74, 6) is 0.281. The lowest BCUT2D eigenvalue weighted by molar-refractivity contribution is -0.150. The highest BCUT2D eigenvalue weighted by Gasteiger charge is 2.16. The molecule has 0 unspecified atom stereocenters. The van der Waals surface area contributed by atoms with Crippen molar-refractivity contribution < 1.29 is 14.3 Å². The number of aromatic nitrogens is 1. The van der Waals surface area contributed by atoms with Gasteiger partial charge in [-0.2, -0.15) is 0 Å². The van der Waals surface area contributed by atoms with Crippen LogP contribution in [0.3, 0.4) is 0 Å². The van der Waals surface area contributed by atoms with Gasteiger partial charge in [-0.15, -0.1) is 11.3 Å². The average molecular weight is 353 g/mol. The van der Waals surface area contributed by atoms with Gasteiger partial charge in [0, 0.05) is 17.5 Å². The van der Waals surface area contributed by atoms with Gasteiger partial charge in [0.1, 0.15) is 5.75 Å². The number of hydrogen-bond acceptors (Lipinski definition) is 5. The molecular weight excluding hydrogens is 334 g/mol. The Hall–Kier alpha value is -2.66. The molecule has 0 spiro atoms. The summed E-state index contributed by atoms with van der Waals surface area (Å²) in [6.07, 6.45) is 1.81. The van der Waals surface area contributed by atoms with Crippen molar-refractivity contribution in [3.63, 3.8) is 0 Å². The van der Waals surface area contributed by atoms with E-state index < -0.39 is 6.10 Å². The molecule has 0 radical (unpaired) electrons. The predicted octanol–water partition coefficient (Wildman–Crippen LogP) is 4.36. The molecule has 1 aromatic heterocycles. The van der Waals surface area contributed by atoms with Crippen LogP contribution in [0.2, 0.25) is 0 Å². The molecule has 0 fully saturated rings.